The molecule has 2 aliphatic carbocycles. The van der Waals surface area contributed by atoms with Crippen LogP contribution >= 0.6 is 23.1 Å². The molecule has 0 saturated heterocycles. The smallest absolute Gasteiger partial charge is 0.124 e. The molecule has 0 spiro atoms. The molecule has 2 aromatic heterocycles. The van der Waals surface area contributed by atoms with E-state index >= 15 is 0 Å². The van der Waals surface area contributed by atoms with Gasteiger partial charge in [-0.05, 0) is 123 Å². The van der Waals surface area contributed by atoms with E-state index in [2.05, 4.69) is 116 Å². The predicted molar refractivity (Wildman–Crippen MR) is 235 cm³/mol. The average molecular weight is 719 g/mol. The van der Waals surface area contributed by atoms with Gasteiger partial charge in [-0.15, -0.1) is 36.3 Å². The highest BCUT2D eigenvalue weighted by Crippen LogP contribution is 2.40. The van der Waals surface area contributed by atoms with E-state index in [1.807, 2.05) is 62.9 Å². The SMILES string of the molecule is C#C.C#C/C=C(\C=C1/CSCC2=C1C/C=C\CCC2)CC1=CC(n2c(/C=C\C)c(C)c3ccc4nc(/C(C=C)=C/C=C\C)sc4c32)=CC=C=C1.CC. The van der Waals surface area contributed by atoms with Crippen molar-refractivity contribution in [2.24, 2.45) is 0 Å². The monoisotopic (exact) mass is 718 g/mol. The summed E-state index contributed by atoms with van der Waals surface area (Å²) in [5.41, 5.74) is 17.0. The first-order chi connectivity index (χ1) is 25.6. The molecular formula is C48H50N2S2. The maximum Gasteiger partial charge on any atom is 0.124 e. The van der Waals surface area contributed by atoms with Crippen LogP contribution in [0.2, 0.25) is 0 Å². The lowest BCUT2D eigenvalue weighted by Gasteiger charge is -2.24. The molecule has 2 nitrogen and oxygen atoms in total. The van der Waals surface area contributed by atoms with E-state index in [1.54, 1.807) is 16.9 Å². The number of allylic oxidation sites excluding steroid dienone is 17. The van der Waals surface area contributed by atoms with Crippen molar-refractivity contribution >= 4 is 61.6 Å². The molecule has 264 valence electrons. The Morgan fingerprint density at radius 2 is 1.96 bits per heavy atom. The first kappa shape index (κ1) is 39.8. The van der Waals surface area contributed by atoms with Gasteiger partial charge in [0.2, 0.25) is 0 Å². The lowest BCUT2D eigenvalue weighted by atomic mass is 9.90. The highest BCUT2D eigenvalue weighted by atomic mass is 32.2. The van der Waals surface area contributed by atoms with Crippen LogP contribution in [0.25, 0.3) is 38.5 Å². The molecule has 0 saturated carbocycles. The lowest BCUT2D eigenvalue weighted by molar-refractivity contribution is 0.808. The maximum atomic E-state index is 5.92. The molecule has 4 heteroatoms. The maximum absolute atomic E-state index is 5.92. The largest absolute Gasteiger partial charge is 0.308 e. The predicted octanol–water partition coefficient (Wildman–Crippen LogP) is 13.6. The number of benzene rings is 1. The Balaban J connectivity index is 0.00000146. The number of fused-ring (bicyclic) bond motifs is 3. The fourth-order valence-corrected chi connectivity index (χ4v) is 8.96. The second-order valence-electron chi connectivity index (χ2n) is 12.2. The van der Waals surface area contributed by atoms with Crippen LogP contribution in [0.15, 0.2) is 131 Å². The Hall–Kier alpha value is -4.96. The number of hydrogen-bond acceptors (Lipinski definition) is 3. The number of thiazole rings is 1. The fourth-order valence-electron chi connectivity index (χ4n) is 6.69. The van der Waals surface area contributed by atoms with E-state index in [0.29, 0.717) is 0 Å². The van der Waals surface area contributed by atoms with Crippen LogP contribution in [0.3, 0.4) is 0 Å². The lowest BCUT2D eigenvalue weighted by Crippen LogP contribution is -2.09. The number of hydrogen-bond donors (Lipinski definition) is 0. The summed E-state index contributed by atoms with van der Waals surface area (Å²) in [7, 11) is 0. The van der Waals surface area contributed by atoms with Gasteiger partial charge in [0, 0.05) is 33.9 Å². The normalized spacial score (nSPS) is 17.8. The summed E-state index contributed by atoms with van der Waals surface area (Å²) in [6.45, 7) is 14.4. The van der Waals surface area contributed by atoms with Gasteiger partial charge in [0.15, 0.2) is 0 Å². The summed E-state index contributed by atoms with van der Waals surface area (Å²) in [4.78, 5) is 5.06. The molecule has 0 bridgehead atoms. The number of aryl methyl sites for hydroxylation is 1. The number of thioether (sulfide) groups is 1. The molecule has 0 unspecified atom stereocenters. The van der Waals surface area contributed by atoms with Gasteiger partial charge >= 0.3 is 0 Å². The van der Waals surface area contributed by atoms with Gasteiger partial charge in [-0.25, -0.2) is 4.98 Å². The molecule has 0 radical (unpaired) electrons. The Kier molecular flexibility index (Phi) is 15.4. The van der Waals surface area contributed by atoms with Gasteiger partial charge < -0.3 is 4.57 Å². The molecule has 0 atom stereocenters. The van der Waals surface area contributed by atoms with Gasteiger partial charge in [-0.2, -0.15) is 11.8 Å². The second-order valence-corrected chi connectivity index (χ2v) is 14.2. The zero-order chi connectivity index (χ0) is 37.5. The van der Waals surface area contributed by atoms with Crippen LogP contribution in [0, 0.1) is 32.1 Å². The van der Waals surface area contributed by atoms with Crippen LogP contribution in [0.5, 0.6) is 0 Å². The molecule has 3 heterocycles. The highest BCUT2D eigenvalue weighted by Gasteiger charge is 2.21. The standard InChI is InChI=1S/C44H42N2S2.C2H6.C2H2/c1-6-10-20-34(9-4)44-45-40-25-24-38-31(5)41(18-8-3)46(42(38)43(40)48-44)37-22-16-15-19-33(28-37)26-32(17-7-2)27-36-30-47-29-35-21-13-11-12-14-23-39(35)36;2*1-2/h2,6,8-10,12,14,16-20,22,24-25,27-28H,4,11,13,21,23,26,29-30H2,1,3,5H3;1-2H3;1-2H/b10-6-,14-12-,18-8-,32-17-,34-20+,36-27+;;. The Bertz CT molecular complexity index is 2210. The topological polar surface area (TPSA) is 17.8 Å². The van der Waals surface area contributed by atoms with Crippen molar-refractivity contribution in [3.8, 4) is 25.2 Å². The van der Waals surface area contributed by atoms with Gasteiger partial charge in [0.1, 0.15) is 5.01 Å². The Labute approximate surface area is 320 Å². The third-order valence-electron chi connectivity index (χ3n) is 8.98. The van der Waals surface area contributed by atoms with Crippen molar-refractivity contribution in [1.29, 1.82) is 0 Å². The summed E-state index contributed by atoms with van der Waals surface area (Å²) >= 11 is 3.75. The molecule has 1 aromatic carbocycles. The van der Waals surface area contributed by atoms with Crippen LogP contribution in [0.4, 0.5) is 0 Å². The summed E-state index contributed by atoms with van der Waals surface area (Å²) in [6, 6.07) is 4.37. The molecule has 52 heavy (non-hydrogen) atoms. The van der Waals surface area contributed by atoms with Gasteiger partial charge in [-0.3, -0.25) is 0 Å². The average Bonchev–Trinajstić information content (AvgIpc) is 3.61. The van der Waals surface area contributed by atoms with E-state index in [1.165, 1.54) is 46.9 Å². The van der Waals surface area contributed by atoms with E-state index in [4.69, 9.17) is 11.4 Å². The number of aromatic nitrogens is 2. The first-order valence-corrected chi connectivity index (χ1v) is 20.0. The molecular weight excluding hydrogens is 669 g/mol. The van der Waals surface area contributed by atoms with E-state index < -0.39 is 0 Å². The Morgan fingerprint density at radius 1 is 1.13 bits per heavy atom. The van der Waals surface area contributed by atoms with Crippen LogP contribution in [0.1, 0.15) is 76.1 Å². The molecule has 0 N–H and O–H groups in total. The third kappa shape index (κ3) is 9.09. The molecule has 3 aliphatic rings. The zero-order valence-electron chi connectivity index (χ0n) is 31.3. The molecule has 3 aromatic rings. The van der Waals surface area contributed by atoms with Gasteiger partial charge in [-0.1, -0.05) is 86.6 Å². The number of nitrogens with zero attached hydrogens (tertiary/aromatic N) is 2. The molecule has 0 fully saturated rings. The quantitative estimate of drug-likeness (QED) is 0.0999. The third-order valence-corrected chi connectivity index (χ3v) is 11.2. The molecule has 0 amide bonds. The fraction of sp³-hybridized carbons (Fsp3) is 0.250. The second kappa shape index (κ2) is 20.2. The highest BCUT2D eigenvalue weighted by molar-refractivity contribution is 7.99. The van der Waals surface area contributed by atoms with Crippen LogP contribution in [-0.4, -0.2) is 21.1 Å². The van der Waals surface area contributed by atoms with Crippen LogP contribution < -0.4 is 0 Å². The van der Waals surface area contributed by atoms with Crippen molar-refractivity contribution in [3.63, 3.8) is 0 Å². The number of terminal acetylenes is 2. The van der Waals surface area contributed by atoms with Gasteiger partial charge in [0.25, 0.3) is 0 Å². The summed E-state index contributed by atoms with van der Waals surface area (Å²) in [5, 5.41) is 2.19. The molecule has 6 rings (SSSR count). The number of rotatable bonds is 8. The van der Waals surface area contributed by atoms with E-state index in [-0.39, 0.29) is 0 Å². The van der Waals surface area contributed by atoms with E-state index in [9.17, 15) is 0 Å². The minimum Gasteiger partial charge on any atom is -0.308 e. The van der Waals surface area contributed by atoms with E-state index in [0.717, 1.165) is 67.7 Å². The minimum atomic E-state index is 0.727. The first-order valence-electron chi connectivity index (χ1n) is 18.1. The summed E-state index contributed by atoms with van der Waals surface area (Å²) in [5.74, 6) is 5.02. The van der Waals surface area contributed by atoms with Crippen molar-refractivity contribution < 1.29 is 0 Å². The Morgan fingerprint density at radius 3 is 2.71 bits per heavy atom. The zero-order valence-corrected chi connectivity index (χ0v) is 33.0. The summed E-state index contributed by atoms with van der Waals surface area (Å²) < 4.78 is 3.56. The minimum absolute atomic E-state index is 0.727. The van der Waals surface area contributed by atoms with Crippen molar-refractivity contribution in [2.75, 3.05) is 11.5 Å². The van der Waals surface area contributed by atoms with Crippen molar-refractivity contribution in [1.82, 2.24) is 9.55 Å². The molecule has 1 aliphatic heterocycles. The van der Waals surface area contributed by atoms with Crippen molar-refractivity contribution in [2.45, 2.75) is 66.7 Å². The van der Waals surface area contributed by atoms with Gasteiger partial charge in [0.05, 0.1) is 15.7 Å². The summed E-state index contributed by atoms with van der Waals surface area (Å²) in [6.07, 6.45) is 49.2. The van der Waals surface area contributed by atoms with Crippen LogP contribution in [-0.2, 0) is 0 Å². The van der Waals surface area contributed by atoms with Crippen molar-refractivity contribution in [3.05, 3.63) is 148 Å².